The van der Waals surface area contributed by atoms with Crippen molar-refractivity contribution < 1.29 is 0 Å². The number of fused-ring (bicyclic) bond motifs is 2. The average Bonchev–Trinajstić information content (AvgIpc) is 3.26. The highest BCUT2D eigenvalue weighted by atomic mass is 14.4. The molecule has 3 saturated carbocycles. The summed E-state index contributed by atoms with van der Waals surface area (Å²) in [5.74, 6) is 3.30. The molecule has 5 rings (SSSR count). The topological polar surface area (TPSA) is 0 Å². The van der Waals surface area contributed by atoms with E-state index < -0.39 is 0 Å². The molecule has 0 aromatic rings. The summed E-state index contributed by atoms with van der Waals surface area (Å²) in [4.78, 5) is 0. The molecule has 0 heteroatoms. The first-order chi connectivity index (χ1) is 11.9. The van der Waals surface area contributed by atoms with Crippen LogP contribution in [0, 0.1) is 23.7 Å². The van der Waals surface area contributed by atoms with Gasteiger partial charge < -0.3 is 0 Å². The van der Waals surface area contributed by atoms with E-state index in [0.717, 1.165) is 23.7 Å². The lowest BCUT2D eigenvalue weighted by molar-refractivity contribution is 0.312. The third-order valence-electron chi connectivity index (χ3n) is 7.64. The van der Waals surface area contributed by atoms with Crippen LogP contribution >= 0.6 is 0 Å². The van der Waals surface area contributed by atoms with Crippen LogP contribution in [0.15, 0.2) is 46.6 Å². The molecule has 0 aliphatic heterocycles. The zero-order valence-corrected chi connectivity index (χ0v) is 15.1. The first kappa shape index (κ1) is 15.2. The van der Waals surface area contributed by atoms with Crippen molar-refractivity contribution in [2.75, 3.05) is 0 Å². The molecule has 24 heavy (non-hydrogen) atoms. The molecule has 0 saturated heterocycles. The monoisotopic (exact) mass is 320 g/mol. The van der Waals surface area contributed by atoms with Gasteiger partial charge in [0.2, 0.25) is 0 Å². The molecule has 0 amide bonds. The van der Waals surface area contributed by atoms with Gasteiger partial charge in [0.05, 0.1) is 0 Å². The summed E-state index contributed by atoms with van der Waals surface area (Å²) in [6.07, 6.45) is 27.4. The van der Waals surface area contributed by atoms with Gasteiger partial charge >= 0.3 is 0 Å². The lowest BCUT2D eigenvalue weighted by Gasteiger charge is -2.36. The highest BCUT2D eigenvalue weighted by Gasteiger charge is 2.37. The summed E-state index contributed by atoms with van der Waals surface area (Å²) >= 11 is 0. The fraction of sp³-hybridized carbons (Fsp3) is 0.667. The molecule has 0 radical (unpaired) electrons. The van der Waals surface area contributed by atoms with Crippen molar-refractivity contribution in [3.8, 4) is 0 Å². The lowest BCUT2D eigenvalue weighted by atomic mass is 9.68. The SMILES string of the molecule is C1=CC2CCCCC2=C1C1CCCCC1C1=C2CCCCC2C=C1. The molecule has 3 fully saturated rings. The van der Waals surface area contributed by atoms with Crippen molar-refractivity contribution in [3.63, 3.8) is 0 Å². The maximum atomic E-state index is 2.57. The number of rotatable bonds is 2. The lowest BCUT2D eigenvalue weighted by Crippen LogP contribution is -2.24. The van der Waals surface area contributed by atoms with Crippen LogP contribution < -0.4 is 0 Å². The van der Waals surface area contributed by atoms with Gasteiger partial charge in [-0.25, -0.2) is 0 Å². The Balaban J connectivity index is 1.49. The second-order valence-corrected chi connectivity index (χ2v) is 8.88. The van der Waals surface area contributed by atoms with E-state index in [4.69, 9.17) is 0 Å². The van der Waals surface area contributed by atoms with Gasteiger partial charge in [0, 0.05) is 0 Å². The summed E-state index contributed by atoms with van der Waals surface area (Å²) in [5.41, 5.74) is 7.30. The molecule has 0 aromatic heterocycles. The minimum absolute atomic E-state index is 0.815. The quantitative estimate of drug-likeness (QED) is 0.519. The summed E-state index contributed by atoms with van der Waals surface area (Å²) in [7, 11) is 0. The Morgan fingerprint density at radius 1 is 0.542 bits per heavy atom. The number of hydrogen-bond acceptors (Lipinski definition) is 0. The predicted molar refractivity (Wildman–Crippen MR) is 102 cm³/mol. The molecule has 128 valence electrons. The average molecular weight is 321 g/mol. The fourth-order valence-electron chi connectivity index (χ4n) is 6.47. The Morgan fingerprint density at radius 2 is 1.00 bits per heavy atom. The Bertz CT molecular complexity index is 570. The third kappa shape index (κ3) is 2.49. The molecule has 0 bridgehead atoms. The van der Waals surface area contributed by atoms with Crippen LogP contribution in [0.4, 0.5) is 0 Å². The Hall–Kier alpha value is -1.04. The highest BCUT2D eigenvalue weighted by molar-refractivity contribution is 5.45. The zero-order valence-electron chi connectivity index (χ0n) is 15.1. The van der Waals surface area contributed by atoms with Crippen molar-refractivity contribution >= 4 is 0 Å². The second-order valence-electron chi connectivity index (χ2n) is 8.88. The van der Waals surface area contributed by atoms with Crippen LogP contribution in [0.25, 0.3) is 0 Å². The van der Waals surface area contributed by atoms with Crippen molar-refractivity contribution in [2.45, 2.75) is 77.0 Å². The van der Waals surface area contributed by atoms with E-state index in [9.17, 15) is 0 Å². The first-order valence-corrected chi connectivity index (χ1v) is 10.7. The zero-order chi connectivity index (χ0) is 15.9. The van der Waals surface area contributed by atoms with E-state index in [1.165, 1.54) is 77.0 Å². The molecule has 5 aliphatic carbocycles. The fourth-order valence-corrected chi connectivity index (χ4v) is 6.47. The second kappa shape index (κ2) is 6.36. The molecule has 0 N–H and O–H groups in total. The third-order valence-corrected chi connectivity index (χ3v) is 7.64. The van der Waals surface area contributed by atoms with Crippen LogP contribution in [0.2, 0.25) is 0 Å². The molecule has 0 heterocycles. The first-order valence-electron chi connectivity index (χ1n) is 10.7. The highest BCUT2D eigenvalue weighted by Crippen LogP contribution is 2.50. The minimum Gasteiger partial charge on any atom is -0.0770 e. The Morgan fingerprint density at radius 3 is 1.50 bits per heavy atom. The largest absolute Gasteiger partial charge is 0.0770 e. The van der Waals surface area contributed by atoms with E-state index in [2.05, 4.69) is 24.3 Å². The maximum absolute atomic E-state index is 2.57. The summed E-state index contributed by atoms with van der Waals surface area (Å²) in [6.45, 7) is 0. The van der Waals surface area contributed by atoms with Gasteiger partial charge in [0.1, 0.15) is 0 Å². The van der Waals surface area contributed by atoms with Crippen LogP contribution in [0.3, 0.4) is 0 Å². The van der Waals surface area contributed by atoms with Gasteiger partial charge in [-0.1, -0.05) is 61.1 Å². The van der Waals surface area contributed by atoms with E-state index in [1.807, 2.05) is 11.1 Å². The van der Waals surface area contributed by atoms with Gasteiger partial charge in [-0.05, 0) is 86.2 Å². The van der Waals surface area contributed by atoms with Crippen molar-refractivity contribution in [1.82, 2.24) is 0 Å². The van der Waals surface area contributed by atoms with E-state index in [0.29, 0.717) is 0 Å². The van der Waals surface area contributed by atoms with Gasteiger partial charge in [0.15, 0.2) is 0 Å². The van der Waals surface area contributed by atoms with Crippen LogP contribution in [0.5, 0.6) is 0 Å². The smallest absolute Gasteiger partial charge is 0.00141 e. The molecular formula is C24H32. The van der Waals surface area contributed by atoms with Crippen molar-refractivity contribution in [3.05, 3.63) is 46.6 Å². The van der Waals surface area contributed by atoms with E-state index >= 15 is 0 Å². The Kier molecular flexibility index (Phi) is 4.03. The molecule has 4 atom stereocenters. The van der Waals surface area contributed by atoms with E-state index in [1.54, 1.807) is 11.1 Å². The molecule has 0 spiro atoms. The van der Waals surface area contributed by atoms with Crippen LogP contribution in [-0.4, -0.2) is 0 Å². The van der Waals surface area contributed by atoms with E-state index in [-0.39, 0.29) is 0 Å². The summed E-state index contributed by atoms with van der Waals surface area (Å²) in [5, 5.41) is 0. The van der Waals surface area contributed by atoms with Crippen LogP contribution in [-0.2, 0) is 0 Å². The van der Waals surface area contributed by atoms with Crippen LogP contribution in [0.1, 0.15) is 77.0 Å². The number of hydrogen-bond donors (Lipinski definition) is 0. The molecular weight excluding hydrogens is 288 g/mol. The number of allylic oxidation sites excluding steroid dienone is 8. The normalized spacial score (nSPS) is 38.7. The summed E-state index contributed by atoms with van der Waals surface area (Å²) in [6, 6.07) is 0. The predicted octanol–water partition coefficient (Wildman–Crippen LogP) is 6.91. The molecule has 5 aliphatic rings. The van der Waals surface area contributed by atoms with Crippen molar-refractivity contribution in [2.24, 2.45) is 23.7 Å². The Labute approximate surface area is 147 Å². The van der Waals surface area contributed by atoms with Crippen molar-refractivity contribution in [1.29, 1.82) is 0 Å². The molecule has 0 aromatic carbocycles. The maximum Gasteiger partial charge on any atom is -0.00141 e. The molecule has 0 nitrogen and oxygen atoms in total. The van der Waals surface area contributed by atoms with Gasteiger partial charge in [-0.2, -0.15) is 0 Å². The van der Waals surface area contributed by atoms with Gasteiger partial charge in [-0.15, -0.1) is 0 Å². The van der Waals surface area contributed by atoms with Gasteiger partial charge in [-0.3, -0.25) is 0 Å². The summed E-state index contributed by atoms with van der Waals surface area (Å²) < 4.78 is 0. The molecule has 4 unspecified atom stereocenters. The standard InChI is InChI=1S/C24H32/c1-3-9-19-17(7-1)13-15-23(19)21-11-5-6-12-22(21)24-16-14-18-8-2-4-10-20(18)24/h13-18,21-22H,1-12H2. The van der Waals surface area contributed by atoms with Gasteiger partial charge in [0.25, 0.3) is 0 Å². The minimum atomic E-state index is 0.815.